The Morgan fingerprint density at radius 1 is 1.37 bits per heavy atom. The summed E-state index contributed by atoms with van der Waals surface area (Å²) in [6.45, 7) is 8.15. The summed E-state index contributed by atoms with van der Waals surface area (Å²) in [6, 6.07) is 1.71. The molecule has 0 aromatic carbocycles. The number of rotatable bonds is 6. The quantitative estimate of drug-likeness (QED) is 0.858. The maximum absolute atomic E-state index is 5.79. The van der Waals surface area contributed by atoms with Gasteiger partial charge in [0.2, 0.25) is 5.89 Å². The van der Waals surface area contributed by atoms with Gasteiger partial charge in [-0.05, 0) is 25.7 Å². The SMILES string of the molecule is CCCC1CCCCN1c1nnc(CNC(C)C)o1. The Labute approximate surface area is 115 Å². The first-order chi connectivity index (χ1) is 9.20. The summed E-state index contributed by atoms with van der Waals surface area (Å²) >= 11 is 0. The molecule has 1 saturated heterocycles. The zero-order valence-corrected chi connectivity index (χ0v) is 12.4. The van der Waals surface area contributed by atoms with Gasteiger partial charge in [-0.3, -0.25) is 0 Å². The lowest BCUT2D eigenvalue weighted by atomic mass is 9.99. The highest BCUT2D eigenvalue weighted by atomic mass is 16.4. The highest BCUT2D eigenvalue weighted by Crippen LogP contribution is 2.26. The van der Waals surface area contributed by atoms with Crippen molar-refractivity contribution in [3.63, 3.8) is 0 Å². The van der Waals surface area contributed by atoms with Crippen molar-refractivity contribution in [2.75, 3.05) is 11.4 Å². The molecule has 0 spiro atoms. The number of nitrogens with one attached hydrogen (secondary N) is 1. The van der Waals surface area contributed by atoms with Crippen LogP contribution in [0.1, 0.15) is 58.8 Å². The van der Waals surface area contributed by atoms with Crippen LogP contribution in [0.5, 0.6) is 0 Å². The van der Waals surface area contributed by atoms with Crippen molar-refractivity contribution in [3.8, 4) is 0 Å². The molecule has 5 heteroatoms. The number of nitrogens with zero attached hydrogens (tertiary/aromatic N) is 3. The van der Waals surface area contributed by atoms with Crippen molar-refractivity contribution in [1.29, 1.82) is 0 Å². The van der Waals surface area contributed by atoms with Gasteiger partial charge in [0.25, 0.3) is 0 Å². The molecular formula is C14H26N4O. The zero-order chi connectivity index (χ0) is 13.7. The fourth-order valence-electron chi connectivity index (χ4n) is 2.61. The van der Waals surface area contributed by atoms with E-state index >= 15 is 0 Å². The van der Waals surface area contributed by atoms with Crippen LogP contribution >= 0.6 is 0 Å². The van der Waals surface area contributed by atoms with E-state index in [1.807, 2.05) is 0 Å². The molecule has 1 unspecified atom stereocenters. The van der Waals surface area contributed by atoms with Gasteiger partial charge in [-0.15, -0.1) is 5.10 Å². The molecule has 0 bridgehead atoms. The van der Waals surface area contributed by atoms with E-state index in [1.165, 1.54) is 32.1 Å². The van der Waals surface area contributed by atoms with Crippen LogP contribution in [-0.4, -0.2) is 28.8 Å². The van der Waals surface area contributed by atoms with Crippen LogP contribution in [0.3, 0.4) is 0 Å². The number of hydrogen-bond acceptors (Lipinski definition) is 5. The average molecular weight is 266 g/mol. The molecule has 0 saturated carbocycles. The van der Waals surface area contributed by atoms with E-state index in [1.54, 1.807) is 0 Å². The molecule has 0 amide bonds. The molecule has 1 aliphatic rings. The van der Waals surface area contributed by atoms with Crippen LogP contribution < -0.4 is 10.2 Å². The summed E-state index contributed by atoms with van der Waals surface area (Å²) in [6.07, 6.45) is 6.20. The van der Waals surface area contributed by atoms with Crippen LogP contribution in [-0.2, 0) is 6.54 Å². The van der Waals surface area contributed by atoms with Crippen LogP contribution in [0.4, 0.5) is 6.01 Å². The molecule has 0 aliphatic carbocycles. The molecule has 0 radical (unpaired) electrons. The fourth-order valence-corrected chi connectivity index (χ4v) is 2.61. The van der Waals surface area contributed by atoms with Crippen molar-refractivity contribution in [1.82, 2.24) is 15.5 Å². The molecular weight excluding hydrogens is 240 g/mol. The number of anilines is 1. The minimum absolute atomic E-state index is 0.429. The highest BCUT2D eigenvalue weighted by Gasteiger charge is 2.25. The number of aromatic nitrogens is 2. The third kappa shape index (κ3) is 3.93. The van der Waals surface area contributed by atoms with E-state index < -0.39 is 0 Å². The summed E-state index contributed by atoms with van der Waals surface area (Å²) in [4.78, 5) is 2.30. The van der Waals surface area contributed by atoms with Gasteiger partial charge in [0.1, 0.15) is 0 Å². The van der Waals surface area contributed by atoms with Crippen LogP contribution in [0, 0.1) is 0 Å². The van der Waals surface area contributed by atoms with E-state index in [4.69, 9.17) is 4.42 Å². The lowest BCUT2D eigenvalue weighted by Gasteiger charge is -2.34. The predicted molar refractivity (Wildman–Crippen MR) is 76.2 cm³/mol. The fraction of sp³-hybridized carbons (Fsp3) is 0.857. The Morgan fingerprint density at radius 2 is 2.21 bits per heavy atom. The van der Waals surface area contributed by atoms with E-state index in [9.17, 15) is 0 Å². The Hall–Kier alpha value is -1.10. The molecule has 5 nitrogen and oxygen atoms in total. The van der Waals surface area contributed by atoms with Gasteiger partial charge < -0.3 is 14.6 Å². The maximum Gasteiger partial charge on any atom is 0.318 e. The maximum atomic E-state index is 5.79. The molecule has 108 valence electrons. The minimum atomic E-state index is 0.429. The largest absolute Gasteiger partial charge is 0.407 e. The molecule has 2 rings (SSSR count). The molecule has 19 heavy (non-hydrogen) atoms. The van der Waals surface area contributed by atoms with E-state index in [2.05, 4.69) is 41.2 Å². The molecule has 1 N–H and O–H groups in total. The zero-order valence-electron chi connectivity index (χ0n) is 12.4. The average Bonchev–Trinajstić information content (AvgIpc) is 2.86. The van der Waals surface area contributed by atoms with E-state index in [0.717, 1.165) is 6.54 Å². The first kappa shape index (κ1) is 14.3. The number of hydrogen-bond donors (Lipinski definition) is 1. The standard InChI is InChI=1S/C14H26N4O/c1-4-7-12-8-5-6-9-18(12)14-17-16-13(19-14)10-15-11(2)3/h11-12,15H,4-10H2,1-3H3. The lowest BCUT2D eigenvalue weighted by molar-refractivity contribution is 0.385. The summed E-state index contributed by atoms with van der Waals surface area (Å²) < 4.78 is 5.79. The van der Waals surface area contributed by atoms with Gasteiger partial charge in [-0.1, -0.05) is 32.3 Å². The Morgan fingerprint density at radius 3 is 2.95 bits per heavy atom. The van der Waals surface area contributed by atoms with Crippen molar-refractivity contribution >= 4 is 6.01 Å². The smallest absolute Gasteiger partial charge is 0.318 e. The van der Waals surface area contributed by atoms with E-state index in [0.29, 0.717) is 30.5 Å². The monoisotopic (exact) mass is 266 g/mol. The Bertz CT molecular complexity index is 375. The minimum Gasteiger partial charge on any atom is -0.407 e. The van der Waals surface area contributed by atoms with Crippen LogP contribution in [0.15, 0.2) is 4.42 Å². The van der Waals surface area contributed by atoms with Crippen LogP contribution in [0.2, 0.25) is 0 Å². The molecule has 1 aromatic heterocycles. The van der Waals surface area contributed by atoms with Gasteiger partial charge >= 0.3 is 6.01 Å². The summed E-state index contributed by atoms with van der Waals surface area (Å²) in [5.41, 5.74) is 0. The number of piperidine rings is 1. The van der Waals surface area contributed by atoms with Crippen LogP contribution in [0.25, 0.3) is 0 Å². The molecule has 2 heterocycles. The van der Waals surface area contributed by atoms with Gasteiger partial charge in [-0.2, -0.15) is 0 Å². The van der Waals surface area contributed by atoms with Gasteiger partial charge in [0.05, 0.1) is 6.54 Å². The van der Waals surface area contributed by atoms with Crippen molar-refractivity contribution in [2.45, 2.75) is 71.5 Å². The third-order valence-corrected chi connectivity index (χ3v) is 3.61. The highest BCUT2D eigenvalue weighted by molar-refractivity contribution is 5.27. The van der Waals surface area contributed by atoms with Crippen molar-refractivity contribution in [3.05, 3.63) is 5.89 Å². The Balaban J connectivity index is 1.99. The lowest BCUT2D eigenvalue weighted by Crippen LogP contribution is -2.39. The first-order valence-electron chi connectivity index (χ1n) is 7.53. The second-order valence-electron chi connectivity index (χ2n) is 5.65. The second kappa shape index (κ2) is 6.89. The molecule has 1 aliphatic heterocycles. The topological polar surface area (TPSA) is 54.2 Å². The normalized spacial score (nSPS) is 20.2. The van der Waals surface area contributed by atoms with Gasteiger partial charge in [-0.25, -0.2) is 0 Å². The molecule has 1 atom stereocenters. The Kier molecular flexibility index (Phi) is 5.19. The first-order valence-corrected chi connectivity index (χ1v) is 7.53. The summed E-state index contributed by atoms with van der Waals surface area (Å²) in [5.74, 6) is 0.685. The van der Waals surface area contributed by atoms with E-state index in [-0.39, 0.29) is 0 Å². The predicted octanol–water partition coefficient (Wildman–Crippen LogP) is 2.73. The third-order valence-electron chi connectivity index (χ3n) is 3.61. The molecule has 1 fully saturated rings. The summed E-state index contributed by atoms with van der Waals surface area (Å²) in [5, 5.41) is 11.7. The summed E-state index contributed by atoms with van der Waals surface area (Å²) in [7, 11) is 0. The molecule has 1 aromatic rings. The second-order valence-corrected chi connectivity index (χ2v) is 5.65. The van der Waals surface area contributed by atoms with Gasteiger partial charge in [0, 0.05) is 18.6 Å². The van der Waals surface area contributed by atoms with Crippen molar-refractivity contribution in [2.24, 2.45) is 0 Å². The van der Waals surface area contributed by atoms with Crippen molar-refractivity contribution < 1.29 is 4.42 Å². The van der Waals surface area contributed by atoms with Gasteiger partial charge in [0.15, 0.2) is 0 Å².